The zero-order valence-electron chi connectivity index (χ0n) is 13.0. The summed E-state index contributed by atoms with van der Waals surface area (Å²) in [5.41, 5.74) is 3.60. The summed E-state index contributed by atoms with van der Waals surface area (Å²) < 4.78 is 14.0. The van der Waals surface area contributed by atoms with E-state index < -0.39 is 11.7 Å². The van der Waals surface area contributed by atoms with Gasteiger partial charge in [-0.3, -0.25) is 14.8 Å². The molecule has 0 spiro atoms. The summed E-state index contributed by atoms with van der Waals surface area (Å²) in [6.45, 7) is 1.84. The molecule has 4 nitrogen and oxygen atoms in total. The standard InChI is InChI=1S/C19H16FNO3/c1-13-4-2-3-5-16(13)18(22)10-9-15-8-6-14(12-17(15)20)7-11-19(23)21-24/h2-12,24H,1H3,(H,21,23)/b10-9+,11-7+. The van der Waals surface area contributed by atoms with Crippen LogP contribution in [0.5, 0.6) is 0 Å². The van der Waals surface area contributed by atoms with E-state index in [1.807, 2.05) is 19.1 Å². The van der Waals surface area contributed by atoms with Gasteiger partial charge in [0, 0.05) is 17.2 Å². The van der Waals surface area contributed by atoms with Crippen molar-refractivity contribution in [3.63, 3.8) is 0 Å². The fraction of sp³-hybridized carbons (Fsp3) is 0.0526. The molecule has 1 amide bonds. The molecule has 0 unspecified atom stereocenters. The Morgan fingerprint density at radius 2 is 1.83 bits per heavy atom. The van der Waals surface area contributed by atoms with Gasteiger partial charge in [0.25, 0.3) is 5.91 Å². The molecule has 0 aromatic heterocycles. The Kier molecular flexibility index (Phi) is 5.76. The highest BCUT2D eigenvalue weighted by Crippen LogP contribution is 2.15. The van der Waals surface area contributed by atoms with Crippen LogP contribution in [0.15, 0.2) is 54.6 Å². The topological polar surface area (TPSA) is 66.4 Å². The third-order valence-electron chi connectivity index (χ3n) is 3.39. The van der Waals surface area contributed by atoms with Crippen molar-refractivity contribution in [1.82, 2.24) is 5.48 Å². The summed E-state index contributed by atoms with van der Waals surface area (Å²) in [7, 11) is 0. The summed E-state index contributed by atoms with van der Waals surface area (Å²) >= 11 is 0. The van der Waals surface area contributed by atoms with Crippen LogP contribution in [0.2, 0.25) is 0 Å². The lowest BCUT2D eigenvalue weighted by Gasteiger charge is -2.01. The predicted molar refractivity (Wildman–Crippen MR) is 89.9 cm³/mol. The Hall–Kier alpha value is -3.05. The van der Waals surface area contributed by atoms with Gasteiger partial charge < -0.3 is 0 Å². The number of rotatable bonds is 5. The first-order valence-electron chi connectivity index (χ1n) is 7.21. The van der Waals surface area contributed by atoms with Crippen LogP contribution < -0.4 is 5.48 Å². The fourth-order valence-corrected chi connectivity index (χ4v) is 2.10. The average molecular weight is 325 g/mol. The normalized spacial score (nSPS) is 11.1. The summed E-state index contributed by atoms with van der Waals surface area (Å²) in [5, 5.41) is 8.38. The zero-order chi connectivity index (χ0) is 17.5. The molecule has 0 heterocycles. The average Bonchev–Trinajstić information content (AvgIpc) is 2.58. The van der Waals surface area contributed by atoms with Crippen molar-refractivity contribution in [2.45, 2.75) is 6.92 Å². The molecule has 0 bridgehead atoms. The van der Waals surface area contributed by atoms with Gasteiger partial charge in [0.2, 0.25) is 0 Å². The van der Waals surface area contributed by atoms with Crippen LogP contribution in [0, 0.1) is 12.7 Å². The molecular weight excluding hydrogens is 309 g/mol. The molecule has 2 rings (SSSR count). The van der Waals surface area contributed by atoms with E-state index in [0.717, 1.165) is 11.6 Å². The lowest BCUT2D eigenvalue weighted by Crippen LogP contribution is -2.14. The molecule has 0 saturated heterocycles. The lowest BCUT2D eigenvalue weighted by atomic mass is 10.0. The van der Waals surface area contributed by atoms with Crippen molar-refractivity contribution in [2.24, 2.45) is 0 Å². The van der Waals surface area contributed by atoms with Crippen molar-refractivity contribution >= 4 is 23.8 Å². The van der Waals surface area contributed by atoms with Crippen molar-refractivity contribution in [3.05, 3.63) is 82.7 Å². The van der Waals surface area contributed by atoms with Gasteiger partial charge in [0.05, 0.1) is 0 Å². The maximum absolute atomic E-state index is 14.0. The lowest BCUT2D eigenvalue weighted by molar-refractivity contribution is -0.124. The van der Waals surface area contributed by atoms with Crippen LogP contribution in [0.4, 0.5) is 4.39 Å². The van der Waals surface area contributed by atoms with E-state index in [1.165, 1.54) is 35.8 Å². The van der Waals surface area contributed by atoms with E-state index in [0.29, 0.717) is 11.1 Å². The fourth-order valence-electron chi connectivity index (χ4n) is 2.10. The van der Waals surface area contributed by atoms with Crippen LogP contribution in [0.25, 0.3) is 12.2 Å². The Morgan fingerprint density at radius 1 is 1.08 bits per heavy atom. The van der Waals surface area contributed by atoms with Crippen LogP contribution in [0.3, 0.4) is 0 Å². The quantitative estimate of drug-likeness (QED) is 0.382. The van der Waals surface area contributed by atoms with Crippen LogP contribution >= 0.6 is 0 Å². The number of aryl methyl sites for hydroxylation is 1. The highest BCUT2D eigenvalue weighted by Gasteiger charge is 2.05. The number of benzene rings is 2. The second-order valence-corrected chi connectivity index (χ2v) is 5.10. The predicted octanol–water partition coefficient (Wildman–Crippen LogP) is 3.55. The van der Waals surface area contributed by atoms with E-state index in [-0.39, 0.29) is 11.3 Å². The first-order valence-corrected chi connectivity index (χ1v) is 7.21. The second-order valence-electron chi connectivity index (χ2n) is 5.10. The number of hydrogen-bond acceptors (Lipinski definition) is 3. The van der Waals surface area contributed by atoms with Crippen molar-refractivity contribution in [2.75, 3.05) is 0 Å². The van der Waals surface area contributed by atoms with Gasteiger partial charge in [-0.05, 0) is 42.3 Å². The highest BCUT2D eigenvalue weighted by atomic mass is 19.1. The van der Waals surface area contributed by atoms with Crippen LogP contribution in [-0.4, -0.2) is 16.9 Å². The minimum absolute atomic E-state index is 0.198. The Morgan fingerprint density at radius 3 is 2.50 bits per heavy atom. The van der Waals surface area contributed by atoms with E-state index in [1.54, 1.807) is 18.2 Å². The van der Waals surface area contributed by atoms with Crippen molar-refractivity contribution in [3.8, 4) is 0 Å². The number of nitrogens with one attached hydrogen (secondary N) is 1. The number of halogens is 1. The number of carbonyl (C=O) groups excluding carboxylic acids is 2. The monoisotopic (exact) mass is 325 g/mol. The molecule has 0 atom stereocenters. The molecule has 0 radical (unpaired) electrons. The van der Waals surface area contributed by atoms with E-state index >= 15 is 0 Å². The van der Waals surface area contributed by atoms with Crippen LogP contribution in [-0.2, 0) is 4.79 Å². The minimum atomic E-state index is -0.705. The third-order valence-corrected chi connectivity index (χ3v) is 3.39. The number of ketones is 1. The van der Waals surface area contributed by atoms with Gasteiger partial charge in [0.1, 0.15) is 5.82 Å². The summed E-state index contributed by atoms with van der Waals surface area (Å²) in [5.74, 6) is -1.42. The molecule has 122 valence electrons. The Labute approximate surface area is 138 Å². The molecule has 24 heavy (non-hydrogen) atoms. The molecule has 0 aliphatic rings. The van der Waals surface area contributed by atoms with E-state index in [4.69, 9.17) is 5.21 Å². The van der Waals surface area contributed by atoms with E-state index in [9.17, 15) is 14.0 Å². The number of hydrogen-bond donors (Lipinski definition) is 2. The molecule has 0 aliphatic heterocycles. The molecule has 2 aromatic carbocycles. The van der Waals surface area contributed by atoms with Gasteiger partial charge in [-0.25, -0.2) is 9.87 Å². The molecule has 0 saturated carbocycles. The minimum Gasteiger partial charge on any atom is -0.289 e. The van der Waals surface area contributed by atoms with Gasteiger partial charge in [-0.2, -0.15) is 0 Å². The summed E-state index contributed by atoms with van der Waals surface area (Å²) in [4.78, 5) is 23.0. The number of allylic oxidation sites excluding steroid dienone is 1. The maximum Gasteiger partial charge on any atom is 0.267 e. The number of hydroxylamine groups is 1. The highest BCUT2D eigenvalue weighted by molar-refractivity contribution is 6.07. The van der Waals surface area contributed by atoms with Gasteiger partial charge in [-0.15, -0.1) is 0 Å². The van der Waals surface area contributed by atoms with Crippen LogP contribution in [0.1, 0.15) is 27.0 Å². The second kappa shape index (κ2) is 7.99. The van der Waals surface area contributed by atoms with Crippen molar-refractivity contribution < 1.29 is 19.2 Å². The SMILES string of the molecule is Cc1ccccc1C(=O)/C=C/c1ccc(/C=C/C(=O)NO)cc1F. The third kappa shape index (κ3) is 4.47. The first-order chi connectivity index (χ1) is 11.5. The zero-order valence-corrected chi connectivity index (χ0v) is 13.0. The summed E-state index contributed by atoms with van der Waals surface area (Å²) in [6, 6.07) is 11.5. The Balaban J connectivity index is 2.16. The van der Waals surface area contributed by atoms with E-state index in [2.05, 4.69) is 0 Å². The number of amides is 1. The van der Waals surface area contributed by atoms with Gasteiger partial charge in [-0.1, -0.05) is 36.4 Å². The molecule has 2 N–H and O–H groups in total. The Bertz CT molecular complexity index is 825. The van der Waals surface area contributed by atoms with Crippen molar-refractivity contribution in [1.29, 1.82) is 0 Å². The molecule has 5 heteroatoms. The smallest absolute Gasteiger partial charge is 0.267 e. The maximum atomic E-state index is 14.0. The largest absolute Gasteiger partial charge is 0.289 e. The number of carbonyl (C=O) groups is 2. The molecule has 2 aromatic rings. The van der Waals surface area contributed by atoms with Gasteiger partial charge >= 0.3 is 0 Å². The first kappa shape index (κ1) is 17.3. The molecule has 0 fully saturated rings. The summed E-state index contributed by atoms with van der Waals surface area (Å²) in [6.07, 6.45) is 5.18. The molecule has 0 aliphatic carbocycles. The van der Waals surface area contributed by atoms with Gasteiger partial charge in [0.15, 0.2) is 5.78 Å². The molecular formula is C19H16FNO3.